The van der Waals surface area contributed by atoms with Gasteiger partial charge >= 0.3 is 5.69 Å². The summed E-state index contributed by atoms with van der Waals surface area (Å²) < 4.78 is 1.74. The Kier molecular flexibility index (Phi) is 2.29. The predicted molar refractivity (Wildman–Crippen MR) is 44.1 cm³/mol. The molecule has 2 heterocycles. The van der Waals surface area contributed by atoms with E-state index in [1.54, 1.807) is 10.8 Å². The Balaban J connectivity index is 0.000000605. The summed E-state index contributed by atoms with van der Waals surface area (Å²) in [4.78, 5) is 14.6. The van der Waals surface area contributed by atoms with Gasteiger partial charge in [0.1, 0.15) is 0 Å². The van der Waals surface area contributed by atoms with Crippen LogP contribution < -0.4 is 5.69 Å². The Bertz CT molecular complexity index is 308. The Hall–Kier alpha value is -0.830. The molecule has 0 aromatic carbocycles. The molecule has 0 fully saturated rings. The van der Waals surface area contributed by atoms with Gasteiger partial charge in [-0.3, -0.25) is 4.57 Å². The first kappa shape index (κ1) is 8.27. The van der Waals surface area contributed by atoms with E-state index in [-0.39, 0.29) is 18.1 Å². The van der Waals surface area contributed by atoms with Crippen LogP contribution >= 0.6 is 12.4 Å². The molecule has 1 aliphatic rings. The highest BCUT2D eigenvalue weighted by Crippen LogP contribution is 2.08. The normalized spacial score (nSPS) is 13.8. The van der Waals surface area contributed by atoms with E-state index in [1.165, 1.54) is 0 Å². The van der Waals surface area contributed by atoms with Gasteiger partial charge in [0.05, 0.1) is 0 Å². The highest BCUT2D eigenvalue weighted by atomic mass is 35.5. The summed E-state index contributed by atoms with van der Waals surface area (Å²) in [6.45, 7) is 0.849. The van der Waals surface area contributed by atoms with Crippen molar-refractivity contribution in [2.45, 2.75) is 19.4 Å². The molecule has 0 bridgehead atoms. The highest BCUT2D eigenvalue weighted by Gasteiger charge is 2.09. The van der Waals surface area contributed by atoms with Crippen LogP contribution in [0.5, 0.6) is 0 Å². The summed E-state index contributed by atoms with van der Waals surface area (Å²) >= 11 is 0. The summed E-state index contributed by atoms with van der Waals surface area (Å²) in [5.74, 6) is 0. The maximum absolute atomic E-state index is 11.0. The molecule has 0 saturated heterocycles. The van der Waals surface area contributed by atoms with E-state index in [0.717, 1.165) is 25.1 Å². The zero-order chi connectivity index (χ0) is 6.97. The molecule has 0 amide bonds. The molecule has 60 valence electrons. The van der Waals surface area contributed by atoms with Gasteiger partial charge in [-0.15, -0.1) is 12.4 Å². The van der Waals surface area contributed by atoms with Gasteiger partial charge in [0.25, 0.3) is 0 Å². The minimum Gasteiger partial charge on any atom is -0.296 e. The standard InChI is InChI=1S/C7H8N2O.ClH/c10-7-8-4-3-6-2-1-5-9(6)7;/h3-4H,1-2,5H2;1H. The molecule has 1 aromatic heterocycles. The summed E-state index contributed by atoms with van der Waals surface area (Å²) in [6.07, 6.45) is 3.69. The largest absolute Gasteiger partial charge is 0.347 e. The van der Waals surface area contributed by atoms with Gasteiger partial charge in [0, 0.05) is 18.4 Å². The van der Waals surface area contributed by atoms with Crippen LogP contribution in [0.15, 0.2) is 17.1 Å². The van der Waals surface area contributed by atoms with Gasteiger partial charge in [-0.25, -0.2) is 9.78 Å². The van der Waals surface area contributed by atoms with E-state index in [1.807, 2.05) is 6.07 Å². The van der Waals surface area contributed by atoms with Crippen molar-refractivity contribution in [2.24, 2.45) is 0 Å². The Labute approximate surface area is 70.5 Å². The fraction of sp³-hybridized carbons (Fsp3) is 0.429. The molecule has 2 rings (SSSR count). The molecule has 4 heteroatoms. The monoisotopic (exact) mass is 172 g/mol. The fourth-order valence-electron chi connectivity index (χ4n) is 1.35. The summed E-state index contributed by atoms with van der Waals surface area (Å²) in [5, 5.41) is 0. The number of nitrogens with zero attached hydrogens (tertiary/aromatic N) is 2. The van der Waals surface area contributed by atoms with E-state index >= 15 is 0 Å². The van der Waals surface area contributed by atoms with Crippen LogP contribution in [0.2, 0.25) is 0 Å². The average molecular weight is 173 g/mol. The van der Waals surface area contributed by atoms with Crippen LogP contribution in [0.1, 0.15) is 12.1 Å². The van der Waals surface area contributed by atoms with E-state index in [0.29, 0.717) is 0 Å². The maximum atomic E-state index is 11.0. The van der Waals surface area contributed by atoms with Gasteiger partial charge in [-0.05, 0) is 18.9 Å². The van der Waals surface area contributed by atoms with Crippen molar-refractivity contribution in [3.63, 3.8) is 0 Å². The fourth-order valence-corrected chi connectivity index (χ4v) is 1.35. The van der Waals surface area contributed by atoms with E-state index in [9.17, 15) is 4.79 Å². The van der Waals surface area contributed by atoms with Crippen molar-refractivity contribution in [1.29, 1.82) is 0 Å². The first-order chi connectivity index (χ1) is 4.88. The van der Waals surface area contributed by atoms with Crippen LogP contribution in [0, 0.1) is 0 Å². The SMILES string of the molecule is Cl.O=c1nccc2n1CCC2. The zero-order valence-electron chi connectivity index (χ0n) is 5.99. The number of hydrogen-bond donors (Lipinski definition) is 0. The maximum Gasteiger partial charge on any atom is 0.347 e. The molecule has 0 saturated carbocycles. The molecule has 3 nitrogen and oxygen atoms in total. The van der Waals surface area contributed by atoms with Gasteiger partial charge in [-0.1, -0.05) is 0 Å². The number of rotatable bonds is 0. The highest BCUT2D eigenvalue weighted by molar-refractivity contribution is 5.85. The van der Waals surface area contributed by atoms with Gasteiger partial charge in [0.15, 0.2) is 0 Å². The number of aryl methyl sites for hydroxylation is 1. The molecule has 1 aliphatic heterocycles. The number of halogens is 1. The van der Waals surface area contributed by atoms with Crippen molar-refractivity contribution < 1.29 is 0 Å². The first-order valence-electron chi connectivity index (χ1n) is 3.42. The predicted octanol–water partition coefficient (Wildman–Crippen LogP) is 0.611. The van der Waals surface area contributed by atoms with Crippen molar-refractivity contribution in [2.75, 3.05) is 0 Å². The topological polar surface area (TPSA) is 34.9 Å². The average Bonchev–Trinajstić information content (AvgIpc) is 2.36. The summed E-state index contributed by atoms with van der Waals surface area (Å²) in [7, 11) is 0. The zero-order valence-corrected chi connectivity index (χ0v) is 6.80. The smallest absolute Gasteiger partial charge is 0.296 e. The van der Waals surface area contributed by atoms with Crippen LogP contribution in [0.25, 0.3) is 0 Å². The van der Waals surface area contributed by atoms with Gasteiger partial charge < -0.3 is 0 Å². The molecular formula is C7H9ClN2O. The quantitative estimate of drug-likeness (QED) is 0.575. The number of hydrogen-bond acceptors (Lipinski definition) is 2. The molecule has 11 heavy (non-hydrogen) atoms. The lowest BCUT2D eigenvalue weighted by molar-refractivity contribution is 0.697. The first-order valence-corrected chi connectivity index (χ1v) is 3.42. The molecule has 0 radical (unpaired) electrons. The lowest BCUT2D eigenvalue weighted by atomic mass is 10.3. The molecular weight excluding hydrogens is 164 g/mol. The second kappa shape index (κ2) is 3.05. The molecule has 0 unspecified atom stereocenters. The van der Waals surface area contributed by atoms with E-state index < -0.39 is 0 Å². The lowest BCUT2D eigenvalue weighted by Gasteiger charge is -1.97. The van der Waals surface area contributed by atoms with Crippen LogP contribution in [-0.4, -0.2) is 9.55 Å². The number of fused-ring (bicyclic) bond motifs is 1. The van der Waals surface area contributed by atoms with Crippen molar-refractivity contribution in [3.8, 4) is 0 Å². The molecule has 0 spiro atoms. The molecule has 0 N–H and O–H groups in total. The van der Waals surface area contributed by atoms with Gasteiger partial charge in [0.2, 0.25) is 0 Å². The minimum atomic E-state index is -0.102. The Morgan fingerprint density at radius 3 is 3.09 bits per heavy atom. The summed E-state index contributed by atoms with van der Waals surface area (Å²) in [6, 6.07) is 1.91. The van der Waals surface area contributed by atoms with Crippen molar-refractivity contribution in [3.05, 3.63) is 28.4 Å². The minimum absolute atomic E-state index is 0. The third-order valence-electron chi connectivity index (χ3n) is 1.84. The van der Waals surface area contributed by atoms with Crippen molar-refractivity contribution in [1.82, 2.24) is 9.55 Å². The van der Waals surface area contributed by atoms with E-state index in [2.05, 4.69) is 4.98 Å². The second-order valence-corrected chi connectivity index (χ2v) is 2.47. The Morgan fingerprint density at radius 1 is 1.55 bits per heavy atom. The number of aromatic nitrogens is 2. The second-order valence-electron chi connectivity index (χ2n) is 2.47. The summed E-state index contributed by atoms with van der Waals surface area (Å²) in [5.41, 5.74) is 1.02. The third-order valence-corrected chi connectivity index (χ3v) is 1.84. The van der Waals surface area contributed by atoms with Crippen LogP contribution in [0.4, 0.5) is 0 Å². The van der Waals surface area contributed by atoms with Crippen LogP contribution in [-0.2, 0) is 13.0 Å². The van der Waals surface area contributed by atoms with Crippen LogP contribution in [0.3, 0.4) is 0 Å². The molecule has 0 atom stereocenters. The Morgan fingerprint density at radius 2 is 2.36 bits per heavy atom. The third kappa shape index (κ3) is 1.28. The molecule has 1 aromatic rings. The lowest BCUT2D eigenvalue weighted by Crippen LogP contribution is -2.21. The molecule has 0 aliphatic carbocycles. The van der Waals surface area contributed by atoms with Gasteiger partial charge in [-0.2, -0.15) is 0 Å². The van der Waals surface area contributed by atoms with E-state index in [4.69, 9.17) is 0 Å². The van der Waals surface area contributed by atoms with Crippen molar-refractivity contribution >= 4 is 12.4 Å².